The molecule has 0 saturated heterocycles. The van der Waals surface area contributed by atoms with E-state index < -0.39 is 0 Å². The third-order valence-corrected chi connectivity index (χ3v) is 2.84. The van der Waals surface area contributed by atoms with Crippen molar-refractivity contribution in [2.75, 3.05) is 18.0 Å². The second kappa shape index (κ2) is 6.83. The number of rotatable bonds is 6. The van der Waals surface area contributed by atoms with Crippen LogP contribution in [0.1, 0.15) is 35.9 Å². The van der Waals surface area contributed by atoms with E-state index in [9.17, 15) is 4.79 Å². The van der Waals surface area contributed by atoms with E-state index in [1.54, 1.807) is 6.07 Å². The van der Waals surface area contributed by atoms with E-state index in [-0.39, 0.29) is 23.5 Å². The van der Waals surface area contributed by atoms with Crippen LogP contribution in [0.15, 0.2) is 6.07 Å². The van der Waals surface area contributed by atoms with E-state index >= 15 is 0 Å². The third kappa shape index (κ3) is 4.40. The molecule has 0 spiro atoms. The Kier molecular flexibility index (Phi) is 4.87. The SMILES string of the molecule is CC(C)Cc1cc(C(=O)NCCc2nc(N)n[nH]2)nc(N)n1. The van der Waals surface area contributed by atoms with Crippen molar-refractivity contribution in [1.82, 2.24) is 30.5 Å². The highest BCUT2D eigenvalue weighted by Crippen LogP contribution is 2.09. The van der Waals surface area contributed by atoms with E-state index in [4.69, 9.17) is 11.5 Å². The van der Waals surface area contributed by atoms with Crippen LogP contribution in [0.2, 0.25) is 0 Å². The Morgan fingerprint density at radius 3 is 2.68 bits per heavy atom. The lowest BCUT2D eigenvalue weighted by Crippen LogP contribution is -2.27. The molecule has 9 nitrogen and oxygen atoms in total. The van der Waals surface area contributed by atoms with Gasteiger partial charge in [-0.25, -0.2) is 9.97 Å². The standard InChI is InChI=1S/C13H20N8O/c1-7(2)5-8-6-9(18-12(14)17-8)11(22)16-4-3-10-19-13(15)21-20-10/h6-7H,3-5H2,1-2H3,(H,16,22)(H2,14,17,18)(H3,15,19,20,21). The summed E-state index contributed by atoms with van der Waals surface area (Å²) in [6.45, 7) is 4.53. The lowest BCUT2D eigenvalue weighted by atomic mass is 10.1. The molecular formula is C13H20N8O. The summed E-state index contributed by atoms with van der Waals surface area (Å²) in [5.74, 6) is 1.02. The molecule has 2 rings (SSSR count). The number of carbonyl (C=O) groups is 1. The molecule has 0 atom stereocenters. The van der Waals surface area contributed by atoms with Crippen molar-refractivity contribution in [3.63, 3.8) is 0 Å². The third-order valence-electron chi connectivity index (χ3n) is 2.84. The Bertz CT molecular complexity index is 651. The zero-order valence-electron chi connectivity index (χ0n) is 12.6. The van der Waals surface area contributed by atoms with Crippen LogP contribution in [0, 0.1) is 5.92 Å². The molecule has 0 aliphatic heterocycles. The second-order valence-corrected chi connectivity index (χ2v) is 5.35. The molecule has 0 radical (unpaired) electrons. The van der Waals surface area contributed by atoms with Gasteiger partial charge < -0.3 is 16.8 Å². The average Bonchev–Trinajstić information content (AvgIpc) is 2.83. The Morgan fingerprint density at radius 2 is 2.05 bits per heavy atom. The van der Waals surface area contributed by atoms with E-state index in [0.29, 0.717) is 24.7 Å². The first-order valence-corrected chi connectivity index (χ1v) is 7.02. The number of nitrogens with one attached hydrogen (secondary N) is 2. The molecule has 0 saturated carbocycles. The predicted molar refractivity (Wildman–Crippen MR) is 81.8 cm³/mol. The van der Waals surface area contributed by atoms with E-state index in [0.717, 1.165) is 12.1 Å². The van der Waals surface area contributed by atoms with Gasteiger partial charge in [-0.2, -0.15) is 4.98 Å². The second-order valence-electron chi connectivity index (χ2n) is 5.35. The normalized spacial score (nSPS) is 10.9. The van der Waals surface area contributed by atoms with Crippen molar-refractivity contribution in [2.24, 2.45) is 5.92 Å². The van der Waals surface area contributed by atoms with Gasteiger partial charge in [-0.1, -0.05) is 13.8 Å². The minimum atomic E-state index is -0.299. The Labute approximate surface area is 127 Å². The van der Waals surface area contributed by atoms with Gasteiger partial charge in [-0.3, -0.25) is 9.89 Å². The van der Waals surface area contributed by atoms with Crippen LogP contribution in [-0.4, -0.2) is 37.6 Å². The van der Waals surface area contributed by atoms with Crippen molar-refractivity contribution in [3.8, 4) is 0 Å². The number of amides is 1. The summed E-state index contributed by atoms with van der Waals surface area (Å²) in [6.07, 6.45) is 1.24. The molecule has 1 amide bonds. The van der Waals surface area contributed by atoms with Crippen LogP contribution in [0.5, 0.6) is 0 Å². The van der Waals surface area contributed by atoms with Gasteiger partial charge >= 0.3 is 0 Å². The maximum Gasteiger partial charge on any atom is 0.270 e. The number of aromatic amines is 1. The maximum atomic E-state index is 12.1. The number of nitrogen functional groups attached to an aromatic ring is 2. The highest BCUT2D eigenvalue weighted by molar-refractivity contribution is 5.92. The Morgan fingerprint density at radius 1 is 1.27 bits per heavy atom. The molecular weight excluding hydrogens is 284 g/mol. The van der Waals surface area contributed by atoms with Crippen LogP contribution in [-0.2, 0) is 12.8 Å². The van der Waals surface area contributed by atoms with Crippen molar-refractivity contribution < 1.29 is 4.79 Å². The number of carbonyl (C=O) groups excluding carboxylic acids is 1. The van der Waals surface area contributed by atoms with Gasteiger partial charge in [0.2, 0.25) is 11.9 Å². The quantitative estimate of drug-likeness (QED) is 0.583. The van der Waals surface area contributed by atoms with Gasteiger partial charge in [0.1, 0.15) is 11.5 Å². The monoisotopic (exact) mass is 304 g/mol. The molecule has 0 aliphatic carbocycles. The summed E-state index contributed by atoms with van der Waals surface area (Å²) in [7, 11) is 0. The molecule has 22 heavy (non-hydrogen) atoms. The molecule has 2 aromatic heterocycles. The smallest absolute Gasteiger partial charge is 0.270 e. The van der Waals surface area contributed by atoms with Crippen molar-refractivity contribution in [2.45, 2.75) is 26.7 Å². The number of anilines is 2. The predicted octanol–water partition coefficient (Wildman–Crippen LogP) is -0.0699. The van der Waals surface area contributed by atoms with Crippen LogP contribution in [0.3, 0.4) is 0 Å². The van der Waals surface area contributed by atoms with Crippen molar-refractivity contribution in [1.29, 1.82) is 0 Å². The molecule has 2 aromatic rings. The van der Waals surface area contributed by atoms with Gasteiger partial charge in [0.15, 0.2) is 0 Å². The minimum Gasteiger partial charge on any atom is -0.368 e. The van der Waals surface area contributed by atoms with Gasteiger partial charge in [-0.05, 0) is 18.4 Å². The van der Waals surface area contributed by atoms with Gasteiger partial charge in [0.25, 0.3) is 5.91 Å². The Balaban J connectivity index is 1.95. The number of hydrogen-bond acceptors (Lipinski definition) is 7. The van der Waals surface area contributed by atoms with Gasteiger partial charge in [0.05, 0.1) is 0 Å². The highest BCUT2D eigenvalue weighted by atomic mass is 16.1. The van der Waals surface area contributed by atoms with E-state index in [1.807, 2.05) is 0 Å². The molecule has 2 heterocycles. The fraction of sp³-hybridized carbons (Fsp3) is 0.462. The molecule has 0 bridgehead atoms. The van der Waals surface area contributed by atoms with Crippen molar-refractivity contribution in [3.05, 3.63) is 23.3 Å². The van der Waals surface area contributed by atoms with Crippen LogP contribution in [0.4, 0.5) is 11.9 Å². The minimum absolute atomic E-state index is 0.103. The first kappa shape index (κ1) is 15.7. The van der Waals surface area contributed by atoms with Crippen molar-refractivity contribution >= 4 is 17.8 Å². The zero-order chi connectivity index (χ0) is 16.1. The summed E-state index contributed by atoms with van der Waals surface area (Å²) < 4.78 is 0. The molecule has 118 valence electrons. The molecule has 0 unspecified atom stereocenters. The zero-order valence-corrected chi connectivity index (χ0v) is 12.6. The van der Waals surface area contributed by atoms with E-state index in [1.165, 1.54) is 0 Å². The largest absolute Gasteiger partial charge is 0.368 e. The lowest BCUT2D eigenvalue weighted by molar-refractivity contribution is 0.0949. The van der Waals surface area contributed by atoms with Crippen LogP contribution in [0.25, 0.3) is 0 Å². The summed E-state index contributed by atoms with van der Waals surface area (Å²) in [5.41, 5.74) is 12.1. The summed E-state index contributed by atoms with van der Waals surface area (Å²) in [5, 5.41) is 9.14. The number of nitrogens with two attached hydrogens (primary N) is 2. The van der Waals surface area contributed by atoms with E-state index in [2.05, 4.69) is 44.3 Å². The molecule has 0 aliphatic rings. The number of H-pyrrole nitrogens is 1. The number of hydrogen-bond donors (Lipinski definition) is 4. The number of nitrogens with zero attached hydrogens (tertiary/aromatic N) is 4. The fourth-order valence-electron chi connectivity index (χ4n) is 1.96. The lowest BCUT2D eigenvalue weighted by Gasteiger charge is -2.08. The maximum absolute atomic E-state index is 12.1. The van der Waals surface area contributed by atoms with Crippen LogP contribution < -0.4 is 16.8 Å². The van der Waals surface area contributed by atoms with Crippen LogP contribution >= 0.6 is 0 Å². The summed E-state index contributed by atoms with van der Waals surface area (Å²) in [6, 6.07) is 1.66. The summed E-state index contributed by atoms with van der Waals surface area (Å²) >= 11 is 0. The molecule has 0 fully saturated rings. The topological polar surface area (TPSA) is 148 Å². The Hall–Kier alpha value is -2.71. The molecule has 0 aromatic carbocycles. The highest BCUT2D eigenvalue weighted by Gasteiger charge is 2.11. The number of aromatic nitrogens is 5. The van der Waals surface area contributed by atoms with Gasteiger partial charge in [-0.15, -0.1) is 5.10 Å². The molecule has 6 N–H and O–H groups in total. The fourth-order valence-corrected chi connectivity index (χ4v) is 1.96. The first-order chi connectivity index (χ1) is 10.4. The molecule has 9 heteroatoms. The van der Waals surface area contributed by atoms with Gasteiger partial charge in [0, 0.05) is 18.7 Å². The average molecular weight is 304 g/mol. The first-order valence-electron chi connectivity index (χ1n) is 7.02. The summed E-state index contributed by atoms with van der Waals surface area (Å²) in [4.78, 5) is 24.2.